The number of benzene rings is 3. The molecule has 0 aliphatic carbocycles. The van der Waals surface area contributed by atoms with E-state index in [0.717, 1.165) is 49.7 Å². The zero-order chi connectivity index (χ0) is 19.2. The van der Waals surface area contributed by atoms with Crippen LogP contribution in [0.1, 0.15) is 0 Å². The van der Waals surface area contributed by atoms with Crippen LogP contribution in [0.3, 0.4) is 0 Å². The highest BCUT2D eigenvalue weighted by molar-refractivity contribution is 6.09. The molecule has 0 amide bonds. The molecular formula is C26H16N2O. The second-order valence-corrected chi connectivity index (χ2v) is 7.15. The zero-order valence-electron chi connectivity index (χ0n) is 15.5. The summed E-state index contributed by atoms with van der Waals surface area (Å²) < 4.78 is 6.19. The van der Waals surface area contributed by atoms with Gasteiger partial charge in [-0.15, -0.1) is 0 Å². The lowest BCUT2D eigenvalue weighted by atomic mass is 10.0. The molecule has 136 valence electrons. The molecule has 0 fully saturated rings. The fourth-order valence-corrected chi connectivity index (χ4v) is 3.97. The fourth-order valence-electron chi connectivity index (χ4n) is 3.97. The highest BCUT2D eigenvalue weighted by Crippen LogP contribution is 2.36. The van der Waals surface area contributed by atoms with E-state index in [1.54, 1.807) is 0 Å². The number of pyridine rings is 2. The summed E-state index contributed by atoms with van der Waals surface area (Å²) >= 11 is 0. The van der Waals surface area contributed by atoms with Gasteiger partial charge in [0.15, 0.2) is 0 Å². The molecule has 3 aromatic heterocycles. The fraction of sp³-hybridized carbons (Fsp3) is 0. The molecule has 3 aromatic carbocycles. The van der Waals surface area contributed by atoms with Crippen molar-refractivity contribution >= 4 is 32.7 Å². The summed E-state index contributed by atoms with van der Waals surface area (Å²) in [6.45, 7) is 0. The van der Waals surface area contributed by atoms with Crippen LogP contribution in [0, 0.1) is 0 Å². The molecule has 6 rings (SSSR count). The smallest absolute Gasteiger partial charge is 0.144 e. The Balaban J connectivity index is 1.53. The SMILES string of the molecule is c1ccc2c(c1)oc1c(-c3cc(-c4ccc5cnccc5c4)ccn3)cccc12. The van der Waals surface area contributed by atoms with Gasteiger partial charge in [0.1, 0.15) is 11.2 Å². The molecule has 0 radical (unpaired) electrons. The van der Waals surface area contributed by atoms with Crippen LogP contribution in [0.4, 0.5) is 0 Å². The molecule has 0 unspecified atom stereocenters. The Kier molecular flexibility index (Phi) is 3.47. The molecule has 0 N–H and O–H groups in total. The number of hydrogen-bond donors (Lipinski definition) is 0. The lowest BCUT2D eigenvalue weighted by Gasteiger charge is -2.07. The second-order valence-electron chi connectivity index (χ2n) is 7.15. The average molecular weight is 372 g/mol. The normalized spacial score (nSPS) is 11.4. The molecule has 0 saturated carbocycles. The number of furan rings is 1. The van der Waals surface area contributed by atoms with Crippen LogP contribution in [-0.4, -0.2) is 9.97 Å². The molecule has 0 aliphatic rings. The minimum Gasteiger partial charge on any atom is -0.455 e. The third kappa shape index (κ3) is 2.59. The highest BCUT2D eigenvalue weighted by atomic mass is 16.3. The topological polar surface area (TPSA) is 38.9 Å². The van der Waals surface area contributed by atoms with E-state index < -0.39 is 0 Å². The maximum Gasteiger partial charge on any atom is 0.144 e. The molecule has 6 aromatic rings. The molecule has 0 aliphatic heterocycles. The maximum atomic E-state index is 6.19. The van der Waals surface area contributed by atoms with Crippen LogP contribution >= 0.6 is 0 Å². The van der Waals surface area contributed by atoms with Crippen molar-refractivity contribution in [2.24, 2.45) is 0 Å². The predicted molar refractivity (Wildman–Crippen MR) is 118 cm³/mol. The van der Waals surface area contributed by atoms with Crippen molar-refractivity contribution in [2.75, 3.05) is 0 Å². The van der Waals surface area contributed by atoms with Gasteiger partial charge in [0.05, 0.1) is 5.69 Å². The first kappa shape index (κ1) is 16.0. The Hall–Kier alpha value is -3.98. The minimum absolute atomic E-state index is 0.878. The van der Waals surface area contributed by atoms with Crippen molar-refractivity contribution in [3.63, 3.8) is 0 Å². The summed E-state index contributed by atoms with van der Waals surface area (Å²) in [7, 11) is 0. The van der Waals surface area contributed by atoms with E-state index >= 15 is 0 Å². The summed E-state index contributed by atoms with van der Waals surface area (Å²) in [5.74, 6) is 0. The highest BCUT2D eigenvalue weighted by Gasteiger charge is 2.13. The third-order valence-electron chi connectivity index (χ3n) is 5.41. The van der Waals surface area contributed by atoms with E-state index in [1.807, 2.05) is 48.9 Å². The van der Waals surface area contributed by atoms with Gasteiger partial charge in [0.2, 0.25) is 0 Å². The number of nitrogens with zero attached hydrogens (tertiary/aromatic N) is 2. The lowest BCUT2D eigenvalue weighted by Crippen LogP contribution is -1.86. The van der Waals surface area contributed by atoms with Crippen molar-refractivity contribution in [3.8, 4) is 22.4 Å². The van der Waals surface area contributed by atoms with Gasteiger partial charge < -0.3 is 4.42 Å². The van der Waals surface area contributed by atoms with Crippen LogP contribution in [0.2, 0.25) is 0 Å². The Morgan fingerprint density at radius 2 is 1.55 bits per heavy atom. The zero-order valence-corrected chi connectivity index (χ0v) is 15.5. The average Bonchev–Trinajstić information content (AvgIpc) is 3.18. The van der Waals surface area contributed by atoms with Crippen LogP contribution in [0.15, 0.2) is 102 Å². The molecule has 3 heteroatoms. The number of aromatic nitrogens is 2. The predicted octanol–water partition coefficient (Wildman–Crippen LogP) is 6.86. The van der Waals surface area contributed by atoms with Gasteiger partial charge in [-0.1, -0.05) is 42.5 Å². The molecular weight excluding hydrogens is 356 g/mol. The van der Waals surface area contributed by atoms with E-state index in [-0.39, 0.29) is 0 Å². The first-order valence-electron chi connectivity index (χ1n) is 9.58. The van der Waals surface area contributed by atoms with Gasteiger partial charge in [-0.2, -0.15) is 0 Å². The minimum atomic E-state index is 0.878. The molecule has 0 atom stereocenters. The molecule has 3 nitrogen and oxygen atoms in total. The number of rotatable bonds is 2. The first-order chi connectivity index (χ1) is 14.4. The number of fused-ring (bicyclic) bond motifs is 4. The Bertz CT molecular complexity index is 1510. The van der Waals surface area contributed by atoms with E-state index in [0.29, 0.717) is 0 Å². The Labute approximate surface area is 167 Å². The molecule has 0 saturated heterocycles. The quantitative estimate of drug-likeness (QED) is 0.333. The van der Waals surface area contributed by atoms with Crippen molar-refractivity contribution in [1.29, 1.82) is 0 Å². The van der Waals surface area contributed by atoms with E-state index in [9.17, 15) is 0 Å². The molecule has 29 heavy (non-hydrogen) atoms. The van der Waals surface area contributed by atoms with Crippen molar-refractivity contribution in [1.82, 2.24) is 9.97 Å². The number of hydrogen-bond acceptors (Lipinski definition) is 3. The van der Waals surface area contributed by atoms with Crippen molar-refractivity contribution in [2.45, 2.75) is 0 Å². The first-order valence-corrected chi connectivity index (χ1v) is 9.58. The summed E-state index contributed by atoms with van der Waals surface area (Å²) in [6.07, 6.45) is 5.58. The van der Waals surface area contributed by atoms with Crippen LogP contribution < -0.4 is 0 Å². The van der Waals surface area contributed by atoms with Gasteiger partial charge in [0.25, 0.3) is 0 Å². The van der Waals surface area contributed by atoms with Crippen LogP contribution in [0.25, 0.3) is 55.1 Å². The van der Waals surface area contributed by atoms with Gasteiger partial charge in [-0.3, -0.25) is 9.97 Å². The van der Waals surface area contributed by atoms with E-state index in [1.165, 1.54) is 5.39 Å². The van der Waals surface area contributed by atoms with Gasteiger partial charge in [0, 0.05) is 40.3 Å². The van der Waals surface area contributed by atoms with E-state index in [2.05, 4.69) is 58.5 Å². The van der Waals surface area contributed by atoms with Crippen molar-refractivity contribution in [3.05, 3.63) is 97.5 Å². The standard InChI is InChI=1S/C26H16N2O/c1-2-7-25-21(4-1)22-5-3-6-23(26(22)29-25)24-15-19(11-13-28-24)17-8-9-20-16-27-12-10-18(20)14-17/h1-16H. The monoisotopic (exact) mass is 372 g/mol. The molecule has 0 bridgehead atoms. The maximum absolute atomic E-state index is 6.19. The summed E-state index contributed by atoms with van der Waals surface area (Å²) in [5.41, 5.74) is 5.97. The van der Waals surface area contributed by atoms with Crippen LogP contribution in [0.5, 0.6) is 0 Å². The lowest BCUT2D eigenvalue weighted by molar-refractivity contribution is 0.670. The van der Waals surface area contributed by atoms with Gasteiger partial charge in [-0.25, -0.2) is 0 Å². The summed E-state index contributed by atoms with van der Waals surface area (Å²) in [4.78, 5) is 8.84. The Morgan fingerprint density at radius 3 is 2.55 bits per heavy atom. The van der Waals surface area contributed by atoms with Gasteiger partial charge in [-0.05, 0) is 52.9 Å². The molecule has 0 spiro atoms. The molecule has 3 heterocycles. The van der Waals surface area contributed by atoms with Crippen LogP contribution in [-0.2, 0) is 0 Å². The second kappa shape index (κ2) is 6.28. The summed E-state index contributed by atoms with van der Waals surface area (Å²) in [6, 6.07) is 27.0. The van der Waals surface area contributed by atoms with E-state index in [4.69, 9.17) is 4.42 Å². The largest absolute Gasteiger partial charge is 0.455 e. The van der Waals surface area contributed by atoms with Gasteiger partial charge >= 0.3 is 0 Å². The van der Waals surface area contributed by atoms with Crippen molar-refractivity contribution < 1.29 is 4.42 Å². The third-order valence-corrected chi connectivity index (χ3v) is 5.41. The number of para-hydroxylation sites is 2. The Morgan fingerprint density at radius 1 is 0.655 bits per heavy atom. The summed E-state index contributed by atoms with van der Waals surface area (Å²) in [5, 5.41) is 4.56.